The van der Waals surface area contributed by atoms with Crippen LogP contribution in [0.15, 0.2) is 36.7 Å². The molecule has 0 bridgehead atoms. The van der Waals surface area contributed by atoms with Gasteiger partial charge < -0.3 is 10.0 Å². The zero-order valence-corrected chi connectivity index (χ0v) is 15.0. The van der Waals surface area contributed by atoms with Crippen molar-refractivity contribution in [3.8, 4) is 11.3 Å². The Balaban J connectivity index is 1.75. The van der Waals surface area contributed by atoms with Gasteiger partial charge in [-0.1, -0.05) is 23.8 Å². The molecule has 1 saturated heterocycles. The number of hydrogen-bond acceptors (Lipinski definition) is 4. The highest BCUT2D eigenvalue weighted by Gasteiger charge is 2.27. The first-order chi connectivity index (χ1) is 12.5. The number of piperidine rings is 1. The van der Waals surface area contributed by atoms with Crippen LogP contribution in [0.25, 0.3) is 16.8 Å². The molecular weight excluding hydrogens is 328 g/mol. The summed E-state index contributed by atoms with van der Waals surface area (Å²) in [4.78, 5) is 18.0. The lowest BCUT2D eigenvalue weighted by molar-refractivity contribution is -0.141. The van der Waals surface area contributed by atoms with Gasteiger partial charge in [0.15, 0.2) is 5.82 Å². The smallest absolute Gasteiger partial charge is 0.308 e. The SMILES string of the molecule is Cc1ccc(-c2cc3c(N4CCCC(C(=O)O)C4)nccn3n2)c(C)c1. The Morgan fingerprint density at radius 1 is 1.27 bits per heavy atom. The third-order valence-electron chi connectivity index (χ3n) is 5.10. The van der Waals surface area contributed by atoms with Crippen LogP contribution in [-0.4, -0.2) is 38.8 Å². The van der Waals surface area contributed by atoms with Crippen molar-refractivity contribution in [2.45, 2.75) is 26.7 Å². The fourth-order valence-corrected chi connectivity index (χ4v) is 3.76. The number of fused-ring (bicyclic) bond motifs is 1. The summed E-state index contributed by atoms with van der Waals surface area (Å²) >= 11 is 0. The average Bonchev–Trinajstić information content (AvgIpc) is 3.05. The number of hydrogen-bond donors (Lipinski definition) is 1. The Morgan fingerprint density at radius 3 is 2.88 bits per heavy atom. The number of nitrogens with zero attached hydrogens (tertiary/aromatic N) is 4. The van der Waals surface area contributed by atoms with E-state index in [1.54, 1.807) is 6.20 Å². The third kappa shape index (κ3) is 2.92. The molecule has 1 aliphatic rings. The van der Waals surface area contributed by atoms with E-state index in [2.05, 4.69) is 41.9 Å². The average molecular weight is 350 g/mol. The Labute approximate surface area is 152 Å². The molecule has 0 amide bonds. The van der Waals surface area contributed by atoms with Crippen molar-refractivity contribution < 1.29 is 9.90 Å². The van der Waals surface area contributed by atoms with E-state index in [9.17, 15) is 9.90 Å². The predicted octanol–water partition coefficient (Wildman–Crippen LogP) is 3.31. The van der Waals surface area contributed by atoms with E-state index in [1.807, 2.05) is 16.8 Å². The predicted molar refractivity (Wildman–Crippen MR) is 100 cm³/mol. The van der Waals surface area contributed by atoms with Gasteiger partial charge in [-0.15, -0.1) is 0 Å². The second kappa shape index (κ2) is 6.44. The van der Waals surface area contributed by atoms with Gasteiger partial charge in [-0.05, 0) is 38.3 Å². The van der Waals surface area contributed by atoms with Gasteiger partial charge in [0.05, 0.1) is 11.6 Å². The summed E-state index contributed by atoms with van der Waals surface area (Å²) < 4.78 is 1.83. The van der Waals surface area contributed by atoms with Crippen molar-refractivity contribution >= 4 is 17.3 Å². The summed E-state index contributed by atoms with van der Waals surface area (Å²) in [6.07, 6.45) is 5.15. The number of aryl methyl sites for hydroxylation is 2. The van der Waals surface area contributed by atoms with Gasteiger partial charge in [0.25, 0.3) is 0 Å². The minimum absolute atomic E-state index is 0.340. The second-order valence-electron chi connectivity index (χ2n) is 7.05. The van der Waals surface area contributed by atoms with Gasteiger partial charge in [0.1, 0.15) is 5.52 Å². The van der Waals surface area contributed by atoms with Crippen molar-refractivity contribution in [2.75, 3.05) is 18.0 Å². The zero-order valence-electron chi connectivity index (χ0n) is 15.0. The van der Waals surface area contributed by atoms with Gasteiger partial charge in [-0.2, -0.15) is 5.10 Å². The highest BCUT2D eigenvalue weighted by atomic mass is 16.4. The molecule has 0 spiro atoms. The highest BCUT2D eigenvalue weighted by Crippen LogP contribution is 2.29. The molecule has 1 aromatic carbocycles. The Hall–Kier alpha value is -2.89. The van der Waals surface area contributed by atoms with E-state index >= 15 is 0 Å². The minimum Gasteiger partial charge on any atom is -0.481 e. The maximum Gasteiger partial charge on any atom is 0.308 e. The number of carbonyl (C=O) groups is 1. The van der Waals surface area contributed by atoms with Gasteiger partial charge in [-0.3, -0.25) is 4.79 Å². The molecule has 2 aromatic heterocycles. The maximum absolute atomic E-state index is 11.4. The van der Waals surface area contributed by atoms with Gasteiger partial charge >= 0.3 is 5.97 Å². The molecule has 1 atom stereocenters. The van der Waals surface area contributed by atoms with E-state index < -0.39 is 5.97 Å². The van der Waals surface area contributed by atoms with E-state index in [4.69, 9.17) is 5.10 Å². The molecule has 1 aliphatic heterocycles. The lowest BCUT2D eigenvalue weighted by Gasteiger charge is -2.31. The lowest BCUT2D eigenvalue weighted by Crippen LogP contribution is -2.39. The number of rotatable bonds is 3. The first-order valence-electron chi connectivity index (χ1n) is 8.92. The van der Waals surface area contributed by atoms with Crippen LogP contribution in [0.2, 0.25) is 0 Å². The topological polar surface area (TPSA) is 70.7 Å². The molecule has 1 unspecified atom stereocenters. The number of carboxylic acids is 1. The molecule has 6 heteroatoms. The maximum atomic E-state index is 11.4. The van der Waals surface area contributed by atoms with Gasteiger partial charge in [0.2, 0.25) is 0 Å². The van der Waals surface area contributed by atoms with Crippen LogP contribution in [0.4, 0.5) is 5.82 Å². The van der Waals surface area contributed by atoms with Crippen LogP contribution in [0.5, 0.6) is 0 Å². The molecule has 0 aliphatic carbocycles. The first-order valence-corrected chi connectivity index (χ1v) is 8.92. The summed E-state index contributed by atoms with van der Waals surface area (Å²) in [6, 6.07) is 8.39. The van der Waals surface area contributed by atoms with E-state index in [0.29, 0.717) is 6.54 Å². The molecule has 4 rings (SSSR count). The molecule has 3 aromatic rings. The molecule has 6 nitrogen and oxygen atoms in total. The van der Waals surface area contributed by atoms with Crippen molar-refractivity contribution in [1.82, 2.24) is 14.6 Å². The number of aromatic nitrogens is 3. The minimum atomic E-state index is -0.730. The molecule has 0 saturated carbocycles. The summed E-state index contributed by atoms with van der Waals surface area (Å²) in [5.74, 6) is -0.263. The van der Waals surface area contributed by atoms with Crippen LogP contribution >= 0.6 is 0 Å². The number of carboxylic acid groups (broad SMARTS) is 1. The summed E-state index contributed by atoms with van der Waals surface area (Å²) in [5, 5.41) is 14.1. The van der Waals surface area contributed by atoms with Crippen molar-refractivity contribution in [3.05, 3.63) is 47.8 Å². The molecule has 26 heavy (non-hydrogen) atoms. The summed E-state index contributed by atoms with van der Waals surface area (Å²) in [7, 11) is 0. The van der Waals surface area contributed by atoms with Gasteiger partial charge in [-0.25, -0.2) is 9.50 Å². The van der Waals surface area contributed by atoms with Crippen molar-refractivity contribution in [1.29, 1.82) is 0 Å². The first kappa shape index (κ1) is 16.6. The largest absolute Gasteiger partial charge is 0.481 e. The Bertz CT molecular complexity index is 979. The lowest BCUT2D eigenvalue weighted by atomic mass is 9.98. The Kier molecular flexibility index (Phi) is 4.11. The number of anilines is 1. The molecule has 3 heterocycles. The quantitative estimate of drug-likeness (QED) is 0.785. The fraction of sp³-hybridized carbons (Fsp3) is 0.350. The molecule has 1 N–H and O–H groups in total. The summed E-state index contributed by atoms with van der Waals surface area (Å²) in [6.45, 7) is 5.48. The number of aliphatic carboxylic acids is 1. The fourth-order valence-electron chi connectivity index (χ4n) is 3.76. The standard InChI is InChI=1S/C20H22N4O2/c1-13-5-6-16(14(2)10-13)17-11-18-19(21-7-9-24(18)22-17)23-8-3-4-15(12-23)20(25)26/h5-7,9-11,15H,3-4,8,12H2,1-2H3,(H,25,26). The molecule has 1 fully saturated rings. The normalized spacial score (nSPS) is 17.6. The molecule has 0 radical (unpaired) electrons. The third-order valence-corrected chi connectivity index (χ3v) is 5.10. The van der Waals surface area contributed by atoms with E-state index in [-0.39, 0.29) is 5.92 Å². The number of benzene rings is 1. The van der Waals surface area contributed by atoms with Crippen molar-refractivity contribution in [3.63, 3.8) is 0 Å². The monoisotopic (exact) mass is 350 g/mol. The van der Waals surface area contributed by atoms with Crippen LogP contribution in [0.1, 0.15) is 24.0 Å². The van der Waals surface area contributed by atoms with Crippen LogP contribution < -0.4 is 4.90 Å². The van der Waals surface area contributed by atoms with Crippen LogP contribution in [-0.2, 0) is 4.79 Å². The van der Waals surface area contributed by atoms with Crippen molar-refractivity contribution in [2.24, 2.45) is 5.92 Å². The van der Waals surface area contributed by atoms with E-state index in [1.165, 1.54) is 11.1 Å². The second-order valence-corrected chi connectivity index (χ2v) is 7.05. The van der Waals surface area contributed by atoms with Crippen LogP contribution in [0, 0.1) is 19.8 Å². The molecule has 134 valence electrons. The Morgan fingerprint density at radius 2 is 2.12 bits per heavy atom. The van der Waals surface area contributed by atoms with Crippen LogP contribution in [0.3, 0.4) is 0 Å². The van der Waals surface area contributed by atoms with Gasteiger partial charge in [0, 0.05) is 31.0 Å². The molecular formula is C20H22N4O2. The highest BCUT2D eigenvalue weighted by molar-refractivity contribution is 5.77. The summed E-state index contributed by atoms with van der Waals surface area (Å²) in [5.41, 5.74) is 5.33. The zero-order chi connectivity index (χ0) is 18.3. The van der Waals surface area contributed by atoms with E-state index in [0.717, 1.165) is 42.0 Å².